The first-order chi connectivity index (χ1) is 19.0. The Kier molecular flexibility index (Phi) is 8.59. The zero-order valence-electron chi connectivity index (χ0n) is 22.2. The molecule has 0 saturated carbocycles. The van der Waals surface area contributed by atoms with Gasteiger partial charge in [0.15, 0.2) is 0 Å². The van der Waals surface area contributed by atoms with Crippen LogP contribution in [0.2, 0.25) is 0 Å². The highest BCUT2D eigenvalue weighted by atomic mass is 16.3. The second-order valence-electron chi connectivity index (χ2n) is 10.6. The quantitative estimate of drug-likeness (QED) is 0.261. The molecule has 0 radical (unpaired) electrons. The third kappa shape index (κ3) is 6.85. The molecule has 0 amide bonds. The number of anilines is 2. The van der Waals surface area contributed by atoms with Gasteiger partial charge in [-0.15, -0.1) is 0 Å². The van der Waals surface area contributed by atoms with Gasteiger partial charge in [0, 0.05) is 36.5 Å². The maximum absolute atomic E-state index is 11.8. The number of aliphatic hydroxyl groups excluding tert-OH is 2. The number of hydrogen-bond acceptors (Lipinski definition) is 6. The summed E-state index contributed by atoms with van der Waals surface area (Å²) < 4.78 is 0. The largest absolute Gasteiger partial charge is 0.399 e. The smallest absolute Gasteiger partial charge is 0.0973 e. The van der Waals surface area contributed by atoms with Crippen LogP contribution in [0, 0.1) is 0 Å². The Balaban J connectivity index is 1.54. The van der Waals surface area contributed by atoms with Gasteiger partial charge in [0.1, 0.15) is 0 Å². The minimum absolute atomic E-state index is 0.298. The summed E-state index contributed by atoms with van der Waals surface area (Å²) in [6.45, 7) is 1.75. The van der Waals surface area contributed by atoms with Crippen molar-refractivity contribution < 1.29 is 10.2 Å². The summed E-state index contributed by atoms with van der Waals surface area (Å²) in [6, 6.07) is 35.5. The average molecular weight is 523 g/mol. The molecule has 6 nitrogen and oxygen atoms in total. The first kappa shape index (κ1) is 26.9. The summed E-state index contributed by atoms with van der Waals surface area (Å²) >= 11 is 0. The maximum Gasteiger partial charge on any atom is 0.0973 e. The van der Waals surface area contributed by atoms with E-state index in [2.05, 4.69) is 46.2 Å². The summed E-state index contributed by atoms with van der Waals surface area (Å²) in [6.07, 6.45) is -0.673. The number of nitrogens with two attached hydrogens (primary N) is 2. The zero-order chi connectivity index (χ0) is 27.2. The van der Waals surface area contributed by atoms with Gasteiger partial charge in [-0.2, -0.15) is 0 Å². The minimum Gasteiger partial charge on any atom is -0.399 e. The Morgan fingerprint density at radius 2 is 0.923 bits per heavy atom. The molecule has 0 bridgehead atoms. The average Bonchev–Trinajstić information content (AvgIpc) is 3.01. The van der Waals surface area contributed by atoms with Gasteiger partial charge in [-0.1, -0.05) is 84.9 Å². The van der Waals surface area contributed by atoms with Crippen LogP contribution in [0.3, 0.4) is 0 Å². The van der Waals surface area contributed by atoms with Gasteiger partial charge in [0.2, 0.25) is 0 Å². The summed E-state index contributed by atoms with van der Waals surface area (Å²) in [5.41, 5.74) is 18.0. The molecule has 1 aliphatic heterocycles. The molecular formula is C33H38N4O2. The predicted molar refractivity (Wildman–Crippen MR) is 158 cm³/mol. The van der Waals surface area contributed by atoms with Gasteiger partial charge in [-0.05, 0) is 59.4 Å². The molecule has 4 atom stereocenters. The Morgan fingerprint density at radius 1 is 0.538 bits per heavy atom. The molecule has 5 rings (SSSR count). The van der Waals surface area contributed by atoms with E-state index >= 15 is 0 Å². The lowest BCUT2D eigenvalue weighted by Gasteiger charge is -2.35. The minimum atomic E-state index is -0.953. The van der Waals surface area contributed by atoms with E-state index in [4.69, 9.17) is 11.5 Å². The highest BCUT2D eigenvalue weighted by Crippen LogP contribution is 2.29. The van der Waals surface area contributed by atoms with Crippen molar-refractivity contribution in [1.29, 1.82) is 0 Å². The summed E-state index contributed by atoms with van der Waals surface area (Å²) in [5, 5.41) is 23.6. The fourth-order valence-corrected chi connectivity index (χ4v) is 5.73. The topological polar surface area (TPSA) is 99.0 Å². The number of nitrogen functional groups attached to an aromatic ring is 2. The second-order valence-corrected chi connectivity index (χ2v) is 10.6. The van der Waals surface area contributed by atoms with Crippen LogP contribution in [0.25, 0.3) is 0 Å². The van der Waals surface area contributed by atoms with E-state index in [1.807, 2.05) is 72.8 Å². The molecule has 0 aliphatic carbocycles. The molecule has 4 aromatic rings. The highest BCUT2D eigenvalue weighted by Gasteiger charge is 2.42. The standard InChI is InChI=1S/C33H38N4O2/c34-28-15-7-13-26(17-28)21-36-23-37(22-27-14-8-16-29(35)18-27)31(20-25-11-5-2-6-12-25)33(39)32(38)30(36)19-24-9-3-1-4-10-24/h1-18,30-33,38-39H,19-23,34-35H2. The molecule has 6 heteroatoms. The second kappa shape index (κ2) is 12.5. The third-order valence-electron chi connectivity index (χ3n) is 7.69. The van der Waals surface area contributed by atoms with Crippen molar-refractivity contribution in [2.75, 3.05) is 18.1 Å². The van der Waals surface area contributed by atoms with Crippen LogP contribution in [-0.2, 0) is 25.9 Å². The van der Waals surface area contributed by atoms with Gasteiger partial charge >= 0.3 is 0 Å². The fraction of sp³-hybridized carbons (Fsp3) is 0.273. The number of aliphatic hydroxyl groups is 2. The van der Waals surface area contributed by atoms with Crippen molar-refractivity contribution in [2.45, 2.75) is 50.2 Å². The molecule has 1 heterocycles. The van der Waals surface area contributed by atoms with Crippen LogP contribution in [0.15, 0.2) is 109 Å². The monoisotopic (exact) mass is 522 g/mol. The molecule has 4 unspecified atom stereocenters. The molecular weight excluding hydrogens is 484 g/mol. The lowest BCUT2D eigenvalue weighted by molar-refractivity contribution is -0.0408. The molecule has 6 N–H and O–H groups in total. The Hall–Kier alpha value is -3.68. The first-order valence-corrected chi connectivity index (χ1v) is 13.6. The van der Waals surface area contributed by atoms with Crippen molar-refractivity contribution in [2.24, 2.45) is 0 Å². The molecule has 1 aliphatic rings. The molecule has 1 fully saturated rings. The van der Waals surface area contributed by atoms with Crippen LogP contribution < -0.4 is 11.5 Å². The van der Waals surface area contributed by atoms with E-state index in [0.29, 0.717) is 44.0 Å². The Bertz CT molecular complexity index is 1230. The molecule has 202 valence electrons. The SMILES string of the molecule is Nc1cccc(CN2CN(Cc3cccc(N)c3)C(Cc3ccccc3)C(O)C(O)C2Cc2ccccc2)c1. The lowest BCUT2D eigenvalue weighted by atomic mass is 9.91. The maximum atomic E-state index is 11.8. The molecule has 0 spiro atoms. The Morgan fingerprint density at radius 3 is 1.31 bits per heavy atom. The van der Waals surface area contributed by atoms with Crippen LogP contribution in [0.4, 0.5) is 11.4 Å². The van der Waals surface area contributed by atoms with Gasteiger partial charge in [-0.25, -0.2) is 0 Å². The highest BCUT2D eigenvalue weighted by molar-refractivity contribution is 5.41. The van der Waals surface area contributed by atoms with Crippen LogP contribution in [0.5, 0.6) is 0 Å². The van der Waals surface area contributed by atoms with Crippen molar-refractivity contribution in [3.05, 3.63) is 131 Å². The van der Waals surface area contributed by atoms with Gasteiger partial charge in [0.05, 0.1) is 18.9 Å². The van der Waals surface area contributed by atoms with Crippen LogP contribution >= 0.6 is 0 Å². The van der Waals surface area contributed by atoms with E-state index in [-0.39, 0.29) is 12.1 Å². The van der Waals surface area contributed by atoms with E-state index in [1.165, 1.54) is 0 Å². The molecule has 39 heavy (non-hydrogen) atoms. The van der Waals surface area contributed by atoms with Crippen molar-refractivity contribution >= 4 is 11.4 Å². The van der Waals surface area contributed by atoms with E-state index < -0.39 is 12.2 Å². The lowest BCUT2D eigenvalue weighted by Crippen LogP contribution is -2.50. The summed E-state index contributed by atoms with van der Waals surface area (Å²) in [5.74, 6) is 0. The van der Waals surface area contributed by atoms with Crippen molar-refractivity contribution in [1.82, 2.24) is 9.80 Å². The predicted octanol–water partition coefficient (Wildman–Crippen LogP) is 4.07. The summed E-state index contributed by atoms with van der Waals surface area (Å²) in [7, 11) is 0. The summed E-state index contributed by atoms with van der Waals surface area (Å²) in [4.78, 5) is 4.57. The van der Waals surface area contributed by atoms with Crippen LogP contribution in [0.1, 0.15) is 22.3 Å². The van der Waals surface area contributed by atoms with Crippen molar-refractivity contribution in [3.63, 3.8) is 0 Å². The molecule has 0 aromatic heterocycles. The van der Waals surface area contributed by atoms with E-state index in [1.54, 1.807) is 0 Å². The van der Waals surface area contributed by atoms with Crippen molar-refractivity contribution in [3.8, 4) is 0 Å². The van der Waals surface area contributed by atoms with E-state index in [9.17, 15) is 10.2 Å². The number of rotatable bonds is 8. The normalized spacial score (nSPS) is 22.4. The van der Waals surface area contributed by atoms with Gasteiger partial charge in [0.25, 0.3) is 0 Å². The number of nitrogens with zero attached hydrogens (tertiary/aromatic N) is 2. The molecule has 1 saturated heterocycles. The Labute approximate surface area is 231 Å². The van der Waals surface area contributed by atoms with Crippen LogP contribution in [-0.4, -0.2) is 51.0 Å². The number of hydrogen-bond donors (Lipinski definition) is 4. The first-order valence-electron chi connectivity index (χ1n) is 13.6. The zero-order valence-corrected chi connectivity index (χ0v) is 22.2. The third-order valence-corrected chi connectivity index (χ3v) is 7.69. The fourth-order valence-electron chi connectivity index (χ4n) is 5.73. The van der Waals surface area contributed by atoms with E-state index in [0.717, 1.165) is 22.3 Å². The van der Waals surface area contributed by atoms with Gasteiger partial charge in [-0.3, -0.25) is 9.80 Å². The number of benzene rings is 4. The molecule has 4 aromatic carbocycles. The van der Waals surface area contributed by atoms with Gasteiger partial charge < -0.3 is 21.7 Å².